The summed E-state index contributed by atoms with van der Waals surface area (Å²) in [5, 5.41) is 4.83. The fourth-order valence-electron chi connectivity index (χ4n) is 3.34. The molecule has 2 aromatic heterocycles. The van der Waals surface area contributed by atoms with Crippen molar-refractivity contribution in [2.24, 2.45) is 5.92 Å². The van der Waals surface area contributed by atoms with Gasteiger partial charge in [-0.3, -0.25) is 4.79 Å². The lowest BCUT2D eigenvalue weighted by molar-refractivity contribution is -0.125. The zero-order valence-corrected chi connectivity index (χ0v) is 13.3. The zero-order valence-electron chi connectivity index (χ0n) is 12.6. The first-order chi connectivity index (χ1) is 11.2. The summed E-state index contributed by atoms with van der Waals surface area (Å²) in [5.41, 5.74) is 3.56. The van der Waals surface area contributed by atoms with Crippen molar-refractivity contribution in [3.05, 3.63) is 58.6 Å². The van der Waals surface area contributed by atoms with Gasteiger partial charge in [-0.15, -0.1) is 0 Å². The molecule has 1 aromatic carbocycles. The first-order valence-electron chi connectivity index (χ1n) is 7.80. The maximum Gasteiger partial charge on any atom is 0.223 e. The van der Waals surface area contributed by atoms with Gasteiger partial charge in [0.1, 0.15) is 5.76 Å². The van der Waals surface area contributed by atoms with E-state index in [9.17, 15) is 4.79 Å². The fourth-order valence-corrected chi connectivity index (χ4v) is 3.52. The monoisotopic (exact) mass is 328 g/mol. The van der Waals surface area contributed by atoms with E-state index >= 15 is 0 Å². The van der Waals surface area contributed by atoms with Crippen LogP contribution in [-0.4, -0.2) is 10.9 Å². The number of amides is 1. The number of H-pyrrole nitrogens is 1. The van der Waals surface area contributed by atoms with Crippen LogP contribution in [-0.2, 0) is 24.2 Å². The Kier molecular flexibility index (Phi) is 3.62. The molecule has 1 atom stereocenters. The third kappa shape index (κ3) is 2.75. The molecule has 1 amide bonds. The molecule has 1 unspecified atom stereocenters. The standard InChI is InChI=1S/C18H17ClN2O2/c19-12-4-6-17-15(9-12)14-8-11(3-5-16(14)21-17)18(22)20-10-13-2-1-7-23-13/h1-2,4,6-7,9,11,21H,3,5,8,10H2,(H,20,22). The van der Waals surface area contributed by atoms with Crippen LogP contribution in [0, 0.1) is 5.92 Å². The molecular weight excluding hydrogens is 312 g/mol. The average molecular weight is 329 g/mol. The van der Waals surface area contributed by atoms with Crippen LogP contribution in [0.5, 0.6) is 0 Å². The number of fused-ring (bicyclic) bond motifs is 3. The Balaban J connectivity index is 1.52. The molecule has 3 aromatic rings. The molecule has 0 saturated carbocycles. The predicted molar refractivity (Wildman–Crippen MR) is 89.4 cm³/mol. The lowest BCUT2D eigenvalue weighted by atomic mass is 9.86. The Morgan fingerprint density at radius 1 is 1.39 bits per heavy atom. The van der Waals surface area contributed by atoms with Gasteiger partial charge in [0.05, 0.1) is 12.8 Å². The highest BCUT2D eigenvalue weighted by atomic mass is 35.5. The van der Waals surface area contributed by atoms with Gasteiger partial charge in [-0.05, 0) is 55.2 Å². The minimum atomic E-state index is -0.00422. The number of benzene rings is 1. The van der Waals surface area contributed by atoms with Gasteiger partial charge < -0.3 is 14.7 Å². The Morgan fingerprint density at radius 3 is 3.13 bits per heavy atom. The number of hydrogen-bond acceptors (Lipinski definition) is 2. The summed E-state index contributed by atoms with van der Waals surface area (Å²) in [6.07, 6.45) is 4.11. The third-order valence-electron chi connectivity index (χ3n) is 4.54. The molecule has 0 spiro atoms. The molecule has 4 nitrogen and oxygen atoms in total. The van der Waals surface area contributed by atoms with Crippen LogP contribution in [0.15, 0.2) is 41.0 Å². The van der Waals surface area contributed by atoms with E-state index in [0.717, 1.165) is 40.9 Å². The van der Waals surface area contributed by atoms with E-state index in [1.807, 2.05) is 30.3 Å². The molecule has 5 heteroatoms. The predicted octanol–water partition coefficient (Wildman–Crippen LogP) is 3.84. The lowest BCUT2D eigenvalue weighted by Gasteiger charge is -2.21. The Bertz CT molecular complexity index is 851. The number of rotatable bonds is 3. The first kappa shape index (κ1) is 14.4. The number of aromatic amines is 1. The van der Waals surface area contributed by atoms with Crippen molar-refractivity contribution >= 4 is 28.4 Å². The second-order valence-electron chi connectivity index (χ2n) is 6.01. The Labute approximate surface area is 138 Å². The highest BCUT2D eigenvalue weighted by molar-refractivity contribution is 6.31. The largest absolute Gasteiger partial charge is 0.467 e. The van der Waals surface area contributed by atoms with E-state index in [1.165, 1.54) is 11.3 Å². The van der Waals surface area contributed by atoms with Crippen LogP contribution in [0.2, 0.25) is 5.02 Å². The van der Waals surface area contributed by atoms with E-state index in [1.54, 1.807) is 6.26 Å². The summed E-state index contributed by atoms with van der Waals surface area (Å²) >= 11 is 6.12. The number of carbonyl (C=O) groups excluding carboxylic acids is 1. The molecule has 0 fully saturated rings. The number of nitrogens with one attached hydrogen (secondary N) is 2. The molecule has 2 N–H and O–H groups in total. The highest BCUT2D eigenvalue weighted by Crippen LogP contribution is 2.33. The maximum atomic E-state index is 12.4. The number of aromatic nitrogens is 1. The van der Waals surface area contributed by atoms with Gasteiger partial charge in [-0.1, -0.05) is 11.6 Å². The number of furan rings is 1. The van der Waals surface area contributed by atoms with E-state index in [0.29, 0.717) is 6.54 Å². The maximum absolute atomic E-state index is 12.4. The molecule has 0 bridgehead atoms. The second-order valence-corrected chi connectivity index (χ2v) is 6.45. The van der Waals surface area contributed by atoms with Crippen LogP contribution in [0.3, 0.4) is 0 Å². The van der Waals surface area contributed by atoms with Crippen LogP contribution < -0.4 is 5.32 Å². The van der Waals surface area contributed by atoms with Gasteiger partial charge >= 0.3 is 0 Å². The van der Waals surface area contributed by atoms with Crippen molar-refractivity contribution < 1.29 is 9.21 Å². The van der Waals surface area contributed by atoms with Gasteiger partial charge in [0.2, 0.25) is 5.91 Å². The van der Waals surface area contributed by atoms with E-state index < -0.39 is 0 Å². The summed E-state index contributed by atoms with van der Waals surface area (Å²) in [6.45, 7) is 0.439. The fraction of sp³-hybridized carbons (Fsp3) is 0.278. The van der Waals surface area contributed by atoms with E-state index in [4.69, 9.17) is 16.0 Å². The Morgan fingerprint density at radius 2 is 2.30 bits per heavy atom. The SMILES string of the molecule is O=C(NCc1ccco1)C1CCc2[nH]c3ccc(Cl)cc3c2C1. The van der Waals surface area contributed by atoms with Gasteiger partial charge in [0.15, 0.2) is 0 Å². The molecule has 0 aliphatic heterocycles. The highest BCUT2D eigenvalue weighted by Gasteiger charge is 2.27. The topological polar surface area (TPSA) is 58.0 Å². The molecule has 2 heterocycles. The number of halogens is 1. The molecule has 4 rings (SSSR count). The first-order valence-corrected chi connectivity index (χ1v) is 8.17. The van der Waals surface area contributed by atoms with Gasteiger partial charge in [0, 0.05) is 27.5 Å². The van der Waals surface area contributed by atoms with Crippen molar-refractivity contribution in [2.75, 3.05) is 0 Å². The minimum absolute atomic E-state index is 0.00422. The van der Waals surface area contributed by atoms with Crippen LogP contribution in [0.1, 0.15) is 23.4 Å². The summed E-state index contributed by atoms with van der Waals surface area (Å²) in [7, 11) is 0. The number of aryl methyl sites for hydroxylation is 1. The van der Waals surface area contributed by atoms with Gasteiger partial charge in [-0.2, -0.15) is 0 Å². The number of carbonyl (C=O) groups is 1. The van der Waals surface area contributed by atoms with Crippen molar-refractivity contribution in [3.8, 4) is 0 Å². The van der Waals surface area contributed by atoms with Crippen molar-refractivity contribution in [2.45, 2.75) is 25.8 Å². The molecule has 23 heavy (non-hydrogen) atoms. The van der Waals surface area contributed by atoms with Gasteiger partial charge in [0.25, 0.3) is 0 Å². The Hall–Kier alpha value is -2.20. The van der Waals surface area contributed by atoms with Crippen LogP contribution >= 0.6 is 11.6 Å². The van der Waals surface area contributed by atoms with Gasteiger partial charge in [-0.25, -0.2) is 0 Å². The molecule has 1 aliphatic carbocycles. The summed E-state index contributed by atoms with van der Waals surface area (Å²) in [5.74, 6) is 0.854. The summed E-state index contributed by atoms with van der Waals surface area (Å²) < 4.78 is 5.25. The molecule has 1 aliphatic rings. The average Bonchev–Trinajstić information content (AvgIpc) is 3.19. The quantitative estimate of drug-likeness (QED) is 0.767. The normalized spacial score (nSPS) is 17.2. The van der Waals surface area contributed by atoms with E-state index in [2.05, 4.69) is 10.3 Å². The molecular formula is C18H17ClN2O2. The van der Waals surface area contributed by atoms with Crippen LogP contribution in [0.25, 0.3) is 10.9 Å². The summed E-state index contributed by atoms with van der Waals surface area (Å²) in [6, 6.07) is 9.56. The molecule has 0 saturated heterocycles. The zero-order chi connectivity index (χ0) is 15.8. The summed E-state index contributed by atoms with van der Waals surface area (Å²) in [4.78, 5) is 15.9. The molecule has 118 valence electrons. The lowest BCUT2D eigenvalue weighted by Crippen LogP contribution is -2.33. The minimum Gasteiger partial charge on any atom is -0.467 e. The van der Waals surface area contributed by atoms with Crippen LogP contribution in [0.4, 0.5) is 0 Å². The van der Waals surface area contributed by atoms with Crippen molar-refractivity contribution in [3.63, 3.8) is 0 Å². The van der Waals surface area contributed by atoms with Crippen molar-refractivity contribution in [1.29, 1.82) is 0 Å². The number of hydrogen-bond donors (Lipinski definition) is 2. The van der Waals surface area contributed by atoms with E-state index in [-0.39, 0.29) is 11.8 Å². The smallest absolute Gasteiger partial charge is 0.223 e. The second kappa shape index (κ2) is 5.78. The molecule has 0 radical (unpaired) electrons. The third-order valence-corrected chi connectivity index (χ3v) is 4.77. The van der Waals surface area contributed by atoms with Crippen molar-refractivity contribution in [1.82, 2.24) is 10.3 Å².